The van der Waals surface area contributed by atoms with Crippen LogP contribution in [0, 0.1) is 27.6 Å². The molecule has 3 heterocycles. The number of hydrogen-bond donors (Lipinski definition) is 6. The SMILES string of the molecule is Cn1cc(N/C(=C\C(=N)C(C)(C)C)NC(=O)N[C@H]2CC[C@@H](Oc3ccc(=N)n(C(=N)N4CCC(COS(C)(=O)=O)CC4)c3)c3ccccc32)cn1. The van der Waals surface area contributed by atoms with Gasteiger partial charge in [-0.2, -0.15) is 13.5 Å². The second-order valence-electron chi connectivity index (χ2n) is 14.1. The Bertz CT molecular complexity index is 1950. The fraction of sp³-hybridized carbons (Fsp3) is 0.457. The smallest absolute Gasteiger partial charge is 0.320 e. The molecule has 1 aliphatic heterocycles. The lowest BCUT2D eigenvalue weighted by atomic mass is 9.85. The first kappa shape index (κ1) is 37.3. The Hall–Kier alpha value is -4.96. The summed E-state index contributed by atoms with van der Waals surface area (Å²) in [6, 6.07) is 10.4. The maximum Gasteiger partial charge on any atom is 0.320 e. The largest absolute Gasteiger partial charge is 0.484 e. The van der Waals surface area contributed by atoms with E-state index in [0.717, 1.165) is 17.4 Å². The molecule has 16 heteroatoms. The lowest BCUT2D eigenvalue weighted by Gasteiger charge is -2.34. The van der Waals surface area contributed by atoms with Gasteiger partial charge in [-0.05, 0) is 54.9 Å². The van der Waals surface area contributed by atoms with Gasteiger partial charge in [0.1, 0.15) is 23.2 Å². The number of pyridine rings is 1. The Labute approximate surface area is 298 Å². The van der Waals surface area contributed by atoms with Crippen LogP contribution in [0.2, 0.25) is 0 Å². The maximum absolute atomic E-state index is 13.4. The van der Waals surface area contributed by atoms with Crippen molar-refractivity contribution in [2.24, 2.45) is 18.4 Å². The molecule has 51 heavy (non-hydrogen) atoms. The number of ether oxygens (including phenoxy) is 1. The molecule has 5 rings (SSSR count). The number of nitrogens with one attached hydrogen (secondary N) is 6. The number of aryl methyl sites for hydroxylation is 1. The van der Waals surface area contributed by atoms with Gasteiger partial charge in [-0.25, -0.2) is 4.79 Å². The van der Waals surface area contributed by atoms with Gasteiger partial charge in [-0.15, -0.1) is 0 Å². The van der Waals surface area contributed by atoms with Crippen molar-refractivity contribution in [2.45, 2.75) is 58.6 Å². The molecular formula is C35H48N10O5S. The molecular weight excluding hydrogens is 673 g/mol. The molecule has 15 nitrogen and oxygen atoms in total. The molecule has 1 fully saturated rings. The third-order valence-corrected chi connectivity index (χ3v) is 9.49. The monoisotopic (exact) mass is 720 g/mol. The van der Waals surface area contributed by atoms with Crippen LogP contribution >= 0.6 is 0 Å². The Morgan fingerprint density at radius 3 is 2.39 bits per heavy atom. The lowest BCUT2D eigenvalue weighted by Crippen LogP contribution is -2.45. The molecule has 2 atom stereocenters. The first-order chi connectivity index (χ1) is 24.1. The summed E-state index contributed by atoms with van der Waals surface area (Å²) in [5, 5.41) is 39.2. The van der Waals surface area contributed by atoms with Crippen molar-refractivity contribution < 1.29 is 22.1 Å². The van der Waals surface area contributed by atoms with Gasteiger partial charge in [0.25, 0.3) is 10.1 Å². The molecule has 1 aromatic carbocycles. The predicted octanol–water partition coefficient (Wildman–Crippen LogP) is 4.45. The highest BCUT2D eigenvalue weighted by Gasteiger charge is 2.30. The van der Waals surface area contributed by atoms with Crippen LogP contribution in [0.25, 0.3) is 0 Å². The van der Waals surface area contributed by atoms with E-state index < -0.39 is 21.6 Å². The topological polar surface area (TPSA) is 203 Å². The van der Waals surface area contributed by atoms with Crippen LogP contribution in [0.5, 0.6) is 5.75 Å². The van der Waals surface area contributed by atoms with E-state index in [1.807, 2.05) is 49.9 Å². The number of carbonyl (C=O) groups is 1. The number of amides is 2. The number of aromatic nitrogens is 3. The van der Waals surface area contributed by atoms with E-state index in [9.17, 15) is 13.2 Å². The number of fused-ring (bicyclic) bond motifs is 1. The van der Waals surface area contributed by atoms with Crippen LogP contribution in [-0.4, -0.2) is 71.3 Å². The molecule has 2 aliphatic rings. The minimum atomic E-state index is -3.50. The van der Waals surface area contributed by atoms with Gasteiger partial charge in [-0.1, -0.05) is 45.0 Å². The third-order valence-electron chi connectivity index (χ3n) is 8.93. The second kappa shape index (κ2) is 15.5. The van der Waals surface area contributed by atoms with Crippen molar-refractivity contribution in [2.75, 3.05) is 31.3 Å². The molecule has 0 radical (unpaired) electrons. The summed E-state index contributed by atoms with van der Waals surface area (Å²) in [4.78, 5) is 15.3. The Morgan fingerprint density at radius 2 is 1.75 bits per heavy atom. The molecule has 0 unspecified atom stereocenters. The van der Waals surface area contributed by atoms with Gasteiger partial charge >= 0.3 is 6.03 Å². The number of carbonyl (C=O) groups excluding carboxylic acids is 1. The summed E-state index contributed by atoms with van der Waals surface area (Å²) < 4.78 is 37.3. The predicted molar refractivity (Wildman–Crippen MR) is 194 cm³/mol. The second-order valence-corrected chi connectivity index (χ2v) is 15.7. The van der Waals surface area contributed by atoms with E-state index in [4.69, 9.17) is 25.1 Å². The van der Waals surface area contributed by atoms with E-state index in [1.54, 1.807) is 48.5 Å². The van der Waals surface area contributed by atoms with Crippen molar-refractivity contribution in [3.8, 4) is 5.75 Å². The third kappa shape index (κ3) is 10.1. The van der Waals surface area contributed by atoms with Crippen LogP contribution in [-0.2, 0) is 21.3 Å². The van der Waals surface area contributed by atoms with Crippen molar-refractivity contribution in [1.29, 1.82) is 16.2 Å². The fourth-order valence-corrected chi connectivity index (χ4v) is 6.46. The van der Waals surface area contributed by atoms with E-state index >= 15 is 0 Å². The quantitative estimate of drug-likeness (QED) is 0.100. The van der Waals surface area contributed by atoms with E-state index in [1.165, 1.54) is 4.57 Å². The number of piperidine rings is 1. The molecule has 2 amide bonds. The Balaban J connectivity index is 1.25. The molecule has 0 spiro atoms. The number of benzene rings is 1. The Kier molecular flexibility index (Phi) is 11.3. The molecule has 3 aromatic rings. The van der Waals surface area contributed by atoms with Crippen molar-refractivity contribution >= 4 is 33.5 Å². The first-order valence-corrected chi connectivity index (χ1v) is 18.7. The van der Waals surface area contributed by atoms with Gasteiger partial charge < -0.3 is 25.7 Å². The number of hydrogen-bond acceptors (Lipinski definition) is 10. The van der Waals surface area contributed by atoms with Crippen LogP contribution in [0.15, 0.2) is 66.9 Å². The summed E-state index contributed by atoms with van der Waals surface area (Å²) in [5.74, 6) is 1.09. The Morgan fingerprint density at radius 1 is 1.04 bits per heavy atom. The van der Waals surface area contributed by atoms with Crippen LogP contribution in [0.1, 0.15) is 69.7 Å². The average molecular weight is 721 g/mol. The highest BCUT2D eigenvalue weighted by atomic mass is 32.2. The molecule has 0 bridgehead atoms. The van der Waals surface area contributed by atoms with Gasteiger partial charge in [0, 0.05) is 43.5 Å². The highest BCUT2D eigenvalue weighted by molar-refractivity contribution is 7.85. The molecule has 0 saturated carbocycles. The van der Waals surface area contributed by atoms with Gasteiger partial charge in [-0.3, -0.25) is 29.6 Å². The molecule has 2 aromatic heterocycles. The highest BCUT2D eigenvalue weighted by Crippen LogP contribution is 2.38. The molecule has 6 N–H and O–H groups in total. The number of allylic oxidation sites excluding steroid dienone is 1. The van der Waals surface area contributed by atoms with Crippen LogP contribution in [0.3, 0.4) is 0 Å². The number of urea groups is 1. The maximum atomic E-state index is 13.4. The fourth-order valence-electron chi connectivity index (χ4n) is 6.02. The zero-order valence-corrected chi connectivity index (χ0v) is 30.5. The zero-order chi connectivity index (χ0) is 36.9. The first-order valence-electron chi connectivity index (χ1n) is 16.9. The van der Waals surface area contributed by atoms with E-state index in [-0.39, 0.29) is 36.1 Å². The lowest BCUT2D eigenvalue weighted by molar-refractivity contribution is 0.170. The summed E-state index contributed by atoms with van der Waals surface area (Å²) in [6.45, 7) is 7.02. The molecule has 1 saturated heterocycles. The number of rotatable bonds is 10. The standard InChI is InChI=1S/C35H48N10O5S/c1-35(2,3)30(36)18-32(40-24-19-39-43(4)20-24)42-34(46)41-28-11-12-29(27-9-7-6-8-26(27)28)50-25-10-13-31(37)45(21-25)33(38)44-16-14-23(15-17-44)22-49-51(5,47)48/h6-10,13,18-21,23,28-29,36-38,40H,11-12,14-17,22H2,1-5H3,(H2,41,42,46)/b32-18+,36-30?,37-31?,38-33?/t28-,29+/m0/s1. The van der Waals surface area contributed by atoms with Gasteiger partial charge in [0.2, 0.25) is 5.96 Å². The van der Waals surface area contributed by atoms with Gasteiger partial charge in [0.05, 0.1) is 37.0 Å². The van der Waals surface area contributed by atoms with Crippen LogP contribution in [0.4, 0.5) is 10.5 Å². The van der Waals surface area contributed by atoms with E-state index in [0.29, 0.717) is 61.7 Å². The molecule has 1 aliphatic carbocycles. The zero-order valence-electron chi connectivity index (χ0n) is 29.7. The summed E-state index contributed by atoms with van der Waals surface area (Å²) >= 11 is 0. The van der Waals surface area contributed by atoms with Gasteiger partial charge in [0.15, 0.2) is 0 Å². The van der Waals surface area contributed by atoms with E-state index in [2.05, 4.69) is 21.0 Å². The summed E-state index contributed by atoms with van der Waals surface area (Å²) in [7, 11) is -1.70. The number of nitrogens with zero attached hydrogens (tertiary/aromatic N) is 4. The average Bonchev–Trinajstić information content (AvgIpc) is 3.48. The van der Waals surface area contributed by atoms with Crippen molar-refractivity contribution in [3.63, 3.8) is 0 Å². The number of likely N-dealkylation sites (tertiary alicyclic amines) is 1. The summed E-state index contributed by atoms with van der Waals surface area (Å²) in [6.07, 6.45) is 9.96. The minimum absolute atomic E-state index is 0.0831. The normalized spacial score (nSPS) is 18.5. The molecule has 274 valence electrons. The summed E-state index contributed by atoms with van der Waals surface area (Å²) in [5.41, 5.74) is 2.59. The van der Waals surface area contributed by atoms with Crippen molar-refractivity contribution in [1.82, 2.24) is 29.9 Å². The van der Waals surface area contributed by atoms with Crippen molar-refractivity contribution in [3.05, 3.63) is 83.5 Å². The number of anilines is 1. The minimum Gasteiger partial charge on any atom is -0.484 e. The van der Waals surface area contributed by atoms with Crippen LogP contribution < -0.4 is 26.2 Å².